The van der Waals surface area contributed by atoms with Crippen LogP contribution in [0.5, 0.6) is 0 Å². The number of methoxy groups -OCH3 is 1. The van der Waals surface area contributed by atoms with E-state index < -0.39 is 5.41 Å². The minimum Gasteiger partial charge on any atom is -0.440 e. The van der Waals surface area contributed by atoms with Crippen LogP contribution < -0.4 is 10.6 Å². The van der Waals surface area contributed by atoms with E-state index in [1.165, 1.54) is 0 Å². The Kier molecular flexibility index (Phi) is 5.32. The third-order valence-electron chi connectivity index (χ3n) is 5.05. The first-order valence-electron chi connectivity index (χ1n) is 8.62. The van der Waals surface area contributed by atoms with Gasteiger partial charge in [-0.05, 0) is 50.9 Å². The third kappa shape index (κ3) is 3.66. The summed E-state index contributed by atoms with van der Waals surface area (Å²) in [5.74, 6) is 1.32. The number of amides is 1. The Bertz CT molecular complexity index is 746. The molecule has 7 heteroatoms. The largest absolute Gasteiger partial charge is 0.440 e. The van der Waals surface area contributed by atoms with Crippen LogP contribution in [0.25, 0.3) is 11.1 Å². The van der Waals surface area contributed by atoms with E-state index in [2.05, 4.69) is 15.6 Å². The number of hydrogen-bond donors (Lipinski definition) is 2. The number of rotatable bonds is 5. The van der Waals surface area contributed by atoms with E-state index in [4.69, 9.17) is 9.15 Å². The molecule has 4 rings (SSSR count). The number of fused-ring (bicyclic) bond motifs is 1. The van der Waals surface area contributed by atoms with Crippen molar-refractivity contribution in [2.24, 2.45) is 5.41 Å². The van der Waals surface area contributed by atoms with Crippen LogP contribution in [0.15, 0.2) is 22.6 Å². The normalized spacial score (nSPS) is 19.4. The van der Waals surface area contributed by atoms with Gasteiger partial charge in [-0.15, -0.1) is 12.4 Å². The molecule has 1 amide bonds. The second-order valence-electron chi connectivity index (χ2n) is 6.93. The number of oxazole rings is 1. The fourth-order valence-electron chi connectivity index (χ4n) is 3.41. The predicted octanol–water partition coefficient (Wildman–Crippen LogP) is 3.08. The van der Waals surface area contributed by atoms with Gasteiger partial charge in [0, 0.05) is 24.8 Å². The summed E-state index contributed by atoms with van der Waals surface area (Å²) in [5.41, 5.74) is 1.87. The molecule has 1 aromatic heterocycles. The zero-order chi connectivity index (χ0) is 16.6. The number of halogens is 1. The number of aromatic nitrogens is 1. The zero-order valence-electron chi connectivity index (χ0n) is 14.3. The van der Waals surface area contributed by atoms with Crippen LogP contribution in [0, 0.1) is 5.41 Å². The predicted molar refractivity (Wildman–Crippen MR) is 98.3 cm³/mol. The van der Waals surface area contributed by atoms with Gasteiger partial charge >= 0.3 is 0 Å². The summed E-state index contributed by atoms with van der Waals surface area (Å²) in [6, 6.07) is 5.67. The van der Waals surface area contributed by atoms with Crippen molar-refractivity contribution in [1.82, 2.24) is 10.3 Å². The van der Waals surface area contributed by atoms with Gasteiger partial charge in [0.25, 0.3) is 0 Å². The van der Waals surface area contributed by atoms with Crippen molar-refractivity contribution in [2.75, 3.05) is 32.1 Å². The minimum atomic E-state index is -0.463. The number of hydrogen-bond acceptors (Lipinski definition) is 5. The van der Waals surface area contributed by atoms with Gasteiger partial charge in [-0.2, -0.15) is 0 Å². The van der Waals surface area contributed by atoms with Crippen LogP contribution in [0.2, 0.25) is 0 Å². The van der Waals surface area contributed by atoms with Crippen molar-refractivity contribution in [3.63, 3.8) is 0 Å². The Morgan fingerprint density at radius 3 is 2.84 bits per heavy atom. The quantitative estimate of drug-likeness (QED) is 0.851. The summed E-state index contributed by atoms with van der Waals surface area (Å²) < 4.78 is 11.2. The van der Waals surface area contributed by atoms with Crippen LogP contribution in [0.4, 0.5) is 5.69 Å². The summed E-state index contributed by atoms with van der Waals surface area (Å²) >= 11 is 0. The summed E-state index contributed by atoms with van der Waals surface area (Å²) in [6.07, 6.45) is 3.88. The molecule has 136 valence electrons. The molecule has 0 bridgehead atoms. The molecule has 6 nitrogen and oxygen atoms in total. The van der Waals surface area contributed by atoms with Crippen LogP contribution in [0.1, 0.15) is 37.5 Å². The molecule has 2 aromatic rings. The van der Waals surface area contributed by atoms with Crippen molar-refractivity contribution < 1.29 is 13.9 Å². The number of carbonyl (C=O) groups is 1. The smallest absolute Gasteiger partial charge is 0.233 e. The summed E-state index contributed by atoms with van der Waals surface area (Å²) in [6.45, 7) is 2.11. The minimum absolute atomic E-state index is 0. The molecule has 2 N–H and O–H groups in total. The highest BCUT2D eigenvalue weighted by Crippen LogP contribution is 2.40. The lowest BCUT2D eigenvalue weighted by atomic mass is 9.78. The topological polar surface area (TPSA) is 76.4 Å². The van der Waals surface area contributed by atoms with Gasteiger partial charge in [0.2, 0.25) is 5.91 Å². The summed E-state index contributed by atoms with van der Waals surface area (Å²) in [5, 5.41) is 6.35. The molecule has 25 heavy (non-hydrogen) atoms. The van der Waals surface area contributed by atoms with Gasteiger partial charge < -0.3 is 19.8 Å². The fourth-order valence-corrected chi connectivity index (χ4v) is 3.41. The maximum absolute atomic E-state index is 12.9. The third-order valence-corrected chi connectivity index (χ3v) is 5.05. The van der Waals surface area contributed by atoms with Gasteiger partial charge in [-0.25, -0.2) is 4.98 Å². The number of carbonyl (C=O) groups excluding carboxylic acids is 1. The van der Waals surface area contributed by atoms with Crippen molar-refractivity contribution in [3.05, 3.63) is 24.1 Å². The first-order chi connectivity index (χ1) is 11.7. The highest BCUT2D eigenvalue weighted by molar-refractivity contribution is 5.96. The number of nitrogens with zero attached hydrogens (tertiary/aromatic N) is 1. The van der Waals surface area contributed by atoms with Gasteiger partial charge in [0.1, 0.15) is 5.52 Å². The number of nitrogens with one attached hydrogen (secondary N) is 2. The maximum Gasteiger partial charge on any atom is 0.233 e. The van der Waals surface area contributed by atoms with Crippen LogP contribution >= 0.6 is 12.4 Å². The Balaban J connectivity index is 0.00000182. The van der Waals surface area contributed by atoms with Crippen LogP contribution in [-0.4, -0.2) is 37.7 Å². The molecule has 1 saturated carbocycles. The number of ether oxygens (including phenoxy) is 1. The van der Waals surface area contributed by atoms with Crippen molar-refractivity contribution in [1.29, 1.82) is 0 Å². The summed E-state index contributed by atoms with van der Waals surface area (Å²) in [7, 11) is 1.65. The van der Waals surface area contributed by atoms with Gasteiger partial charge in [0.15, 0.2) is 11.5 Å². The molecule has 2 fully saturated rings. The molecule has 2 aliphatic rings. The molecule has 2 heterocycles. The lowest BCUT2D eigenvalue weighted by molar-refractivity contribution is -0.130. The van der Waals surface area contributed by atoms with E-state index in [-0.39, 0.29) is 18.3 Å². The van der Waals surface area contributed by atoms with Crippen molar-refractivity contribution in [3.8, 4) is 0 Å². The second kappa shape index (κ2) is 7.32. The highest BCUT2D eigenvalue weighted by atomic mass is 35.5. The van der Waals surface area contributed by atoms with E-state index in [1.54, 1.807) is 7.11 Å². The number of benzene rings is 1. The molecule has 0 spiro atoms. The SMILES string of the molecule is COCC1(C(=O)Nc2ccc3nc(C4CC4)oc3c2)CCNCC1.Cl. The van der Waals surface area contributed by atoms with Crippen molar-refractivity contribution >= 4 is 35.1 Å². The van der Waals surface area contributed by atoms with E-state index in [9.17, 15) is 4.79 Å². The van der Waals surface area contributed by atoms with E-state index in [1.807, 2.05) is 18.2 Å². The van der Waals surface area contributed by atoms with E-state index in [0.29, 0.717) is 12.5 Å². The van der Waals surface area contributed by atoms with E-state index in [0.717, 1.165) is 61.5 Å². The van der Waals surface area contributed by atoms with Crippen molar-refractivity contribution in [2.45, 2.75) is 31.6 Å². The fraction of sp³-hybridized carbons (Fsp3) is 0.556. The average Bonchev–Trinajstić information content (AvgIpc) is 3.35. The zero-order valence-corrected chi connectivity index (χ0v) is 15.2. The number of piperidine rings is 1. The Labute approximate surface area is 153 Å². The Morgan fingerprint density at radius 1 is 1.40 bits per heavy atom. The average molecular weight is 366 g/mol. The van der Waals surface area contributed by atoms with Gasteiger partial charge in [-0.1, -0.05) is 0 Å². The Hall–Kier alpha value is -1.63. The second-order valence-corrected chi connectivity index (χ2v) is 6.93. The molecule has 0 unspecified atom stereocenters. The first-order valence-corrected chi connectivity index (χ1v) is 8.62. The lowest BCUT2D eigenvalue weighted by Gasteiger charge is -2.35. The number of anilines is 1. The van der Waals surface area contributed by atoms with Crippen LogP contribution in [-0.2, 0) is 9.53 Å². The van der Waals surface area contributed by atoms with Crippen LogP contribution in [0.3, 0.4) is 0 Å². The maximum atomic E-state index is 12.9. The summed E-state index contributed by atoms with van der Waals surface area (Å²) in [4.78, 5) is 17.4. The standard InChI is InChI=1S/C18H23N3O3.ClH/c1-23-11-18(6-8-19-9-7-18)17(22)20-13-4-5-14-15(10-13)24-16(21-14)12-2-3-12;/h4-5,10,12,19H,2-3,6-9,11H2,1H3,(H,20,22);1H. The first kappa shape index (κ1) is 18.2. The lowest BCUT2D eigenvalue weighted by Crippen LogP contribution is -2.47. The van der Waals surface area contributed by atoms with E-state index >= 15 is 0 Å². The molecule has 1 aliphatic carbocycles. The van der Waals surface area contributed by atoms with Gasteiger partial charge in [0.05, 0.1) is 12.0 Å². The molecule has 0 radical (unpaired) electrons. The Morgan fingerprint density at radius 2 is 2.16 bits per heavy atom. The molecule has 1 aliphatic heterocycles. The molecular formula is C18H24ClN3O3. The monoisotopic (exact) mass is 365 g/mol. The molecular weight excluding hydrogens is 342 g/mol. The van der Waals surface area contributed by atoms with Gasteiger partial charge in [-0.3, -0.25) is 4.79 Å². The highest BCUT2D eigenvalue weighted by Gasteiger charge is 2.39. The molecule has 0 atom stereocenters. The molecule has 1 aromatic carbocycles. The molecule has 1 saturated heterocycles.